The standard InChI is InChI=1S/C20H25N3O9/c1-12(18(29)22-14(10-24)9-17(27)28)21-19(30)15(7-8-16(25)26)23-20(31)32-11-13-5-3-2-4-6-13/h2-6,10,12,14-15H,7-9,11H2,1H3,(H,21,30)(H,22,29)(H,23,31)(H,25,26)(H,27,28). The van der Waals surface area contributed by atoms with E-state index in [0.29, 0.717) is 5.56 Å². The van der Waals surface area contributed by atoms with Crippen LogP contribution in [0.4, 0.5) is 4.79 Å². The maximum absolute atomic E-state index is 12.5. The summed E-state index contributed by atoms with van der Waals surface area (Å²) in [6.45, 7) is 1.20. The molecule has 0 radical (unpaired) electrons. The highest BCUT2D eigenvalue weighted by Gasteiger charge is 2.26. The molecule has 0 bridgehead atoms. The van der Waals surface area contributed by atoms with Crippen LogP contribution in [0.15, 0.2) is 30.3 Å². The molecule has 0 fully saturated rings. The summed E-state index contributed by atoms with van der Waals surface area (Å²) < 4.78 is 5.02. The summed E-state index contributed by atoms with van der Waals surface area (Å²) in [6.07, 6.45) is -2.05. The van der Waals surface area contributed by atoms with Crippen LogP contribution in [0, 0.1) is 0 Å². The summed E-state index contributed by atoms with van der Waals surface area (Å²) in [4.78, 5) is 69.1. The molecule has 3 unspecified atom stereocenters. The van der Waals surface area contributed by atoms with E-state index in [2.05, 4.69) is 16.0 Å². The lowest BCUT2D eigenvalue weighted by molar-refractivity contribution is -0.139. The van der Waals surface area contributed by atoms with Crippen molar-refractivity contribution in [2.45, 2.75) is 50.9 Å². The van der Waals surface area contributed by atoms with Crippen LogP contribution < -0.4 is 16.0 Å². The van der Waals surface area contributed by atoms with E-state index in [1.54, 1.807) is 30.3 Å². The van der Waals surface area contributed by atoms with E-state index in [1.165, 1.54) is 6.92 Å². The van der Waals surface area contributed by atoms with Gasteiger partial charge in [0.1, 0.15) is 25.0 Å². The molecule has 0 saturated heterocycles. The Balaban J connectivity index is 2.69. The second kappa shape index (κ2) is 13.4. The minimum absolute atomic E-state index is 0.0740. The molecule has 12 heteroatoms. The van der Waals surface area contributed by atoms with Crippen molar-refractivity contribution in [1.82, 2.24) is 16.0 Å². The molecule has 0 saturated carbocycles. The van der Waals surface area contributed by atoms with Crippen molar-refractivity contribution in [3.05, 3.63) is 35.9 Å². The van der Waals surface area contributed by atoms with Gasteiger partial charge in [-0.25, -0.2) is 4.79 Å². The molecule has 0 aromatic heterocycles. The maximum atomic E-state index is 12.5. The van der Waals surface area contributed by atoms with Crippen molar-refractivity contribution in [2.75, 3.05) is 0 Å². The van der Waals surface area contributed by atoms with Gasteiger partial charge in [-0.1, -0.05) is 30.3 Å². The van der Waals surface area contributed by atoms with Crippen molar-refractivity contribution >= 4 is 36.1 Å². The molecule has 5 N–H and O–H groups in total. The summed E-state index contributed by atoms with van der Waals surface area (Å²) in [6, 6.07) is 4.92. The summed E-state index contributed by atoms with van der Waals surface area (Å²) in [7, 11) is 0. The summed E-state index contributed by atoms with van der Waals surface area (Å²) in [5.74, 6) is -4.19. The van der Waals surface area contributed by atoms with E-state index in [-0.39, 0.29) is 19.3 Å². The van der Waals surface area contributed by atoms with Crippen LogP contribution in [0.25, 0.3) is 0 Å². The average molecular weight is 451 g/mol. The van der Waals surface area contributed by atoms with Gasteiger partial charge in [0.15, 0.2) is 0 Å². The van der Waals surface area contributed by atoms with Gasteiger partial charge in [-0.15, -0.1) is 0 Å². The Hall–Kier alpha value is -3.96. The molecule has 1 rings (SSSR count). The molecule has 3 atom stereocenters. The van der Waals surface area contributed by atoms with Gasteiger partial charge in [-0.3, -0.25) is 19.2 Å². The smallest absolute Gasteiger partial charge is 0.408 e. The minimum Gasteiger partial charge on any atom is -0.481 e. The van der Waals surface area contributed by atoms with Gasteiger partial charge in [0.25, 0.3) is 0 Å². The number of rotatable bonds is 13. The van der Waals surface area contributed by atoms with Gasteiger partial charge >= 0.3 is 18.0 Å². The number of amides is 3. The molecule has 1 aromatic rings. The second-order valence-electron chi connectivity index (χ2n) is 6.77. The third-order valence-corrected chi connectivity index (χ3v) is 4.11. The minimum atomic E-state index is -1.31. The topological polar surface area (TPSA) is 188 Å². The van der Waals surface area contributed by atoms with Crippen LogP contribution in [-0.2, 0) is 35.3 Å². The van der Waals surface area contributed by atoms with Gasteiger partial charge < -0.3 is 35.7 Å². The molecule has 0 aliphatic heterocycles. The lowest BCUT2D eigenvalue weighted by Gasteiger charge is -2.21. The van der Waals surface area contributed by atoms with Gasteiger partial charge in [-0.2, -0.15) is 0 Å². The van der Waals surface area contributed by atoms with E-state index in [1.807, 2.05) is 0 Å². The van der Waals surface area contributed by atoms with Crippen molar-refractivity contribution in [3.8, 4) is 0 Å². The van der Waals surface area contributed by atoms with Crippen LogP contribution in [0.5, 0.6) is 0 Å². The Morgan fingerprint density at radius 1 is 0.969 bits per heavy atom. The highest BCUT2D eigenvalue weighted by molar-refractivity contribution is 5.92. The van der Waals surface area contributed by atoms with Crippen molar-refractivity contribution in [2.24, 2.45) is 0 Å². The average Bonchev–Trinajstić information content (AvgIpc) is 2.74. The number of hydrogen-bond donors (Lipinski definition) is 5. The van der Waals surface area contributed by atoms with E-state index >= 15 is 0 Å². The number of nitrogens with one attached hydrogen (secondary N) is 3. The predicted molar refractivity (Wildman–Crippen MR) is 108 cm³/mol. The molecule has 0 heterocycles. The normalized spacial score (nSPS) is 13.0. The molecule has 1 aromatic carbocycles. The Bertz CT molecular complexity index is 829. The summed E-state index contributed by atoms with van der Waals surface area (Å²) >= 11 is 0. The third-order valence-electron chi connectivity index (χ3n) is 4.11. The number of aliphatic carboxylic acids is 2. The number of aldehydes is 1. The quantitative estimate of drug-likeness (QED) is 0.253. The highest BCUT2D eigenvalue weighted by atomic mass is 16.5. The fourth-order valence-corrected chi connectivity index (χ4v) is 2.45. The lowest BCUT2D eigenvalue weighted by atomic mass is 10.1. The van der Waals surface area contributed by atoms with E-state index < -0.39 is 60.8 Å². The van der Waals surface area contributed by atoms with Gasteiger partial charge in [-0.05, 0) is 18.9 Å². The number of ether oxygens (including phenoxy) is 1. The zero-order chi connectivity index (χ0) is 24.1. The van der Waals surface area contributed by atoms with Gasteiger partial charge in [0, 0.05) is 6.42 Å². The van der Waals surface area contributed by atoms with E-state index in [9.17, 15) is 28.8 Å². The van der Waals surface area contributed by atoms with E-state index in [0.717, 1.165) is 0 Å². The van der Waals surface area contributed by atoms with Crippen LogP contribution in [0.1, 0.15) is 31.7 Å². The van der Waals surface area contributed by atoms with Crippen molar-refractivity contribution in [3.63, 3.8) is 0 Å². The lowest BCUT2D eigenvalue weighted by Crippen LogP contribution is -2.54. The molecule has 32 heavy (non-hydrogen) atoms. The molecule has 0 spiro atoms. The Morgan fingerprint density at radius 2 is 1.62 bits per heavy atom. The monoisotopic (exact) mass is 451 g/mol. The number of hydrogen-bond acceptors (Lipinski definition) is 7. The molecular formula is C20H25N3O9. The number of alkyl carbamates (subject to hydrolysis) is 1. The molecule has 174 valence electrons. The SMILES string of the molecule is CC(NC(=O)C(CCC(=O)O)NC(=O)OCc1ccccc1)C(=O)NC(C=O)CC(=O)O. The summed E-state index contributed by atoms with van der Waals surface area (Å²) in [5.41, 5.74) is 0.700. The highest BCUT2D eigenvalue weighted by Crippen LogP contribution is 2.04. The molecular weight excluding hydrogens is 426 g/mol. The molecule has 12 nitrogen and oxygen atoms in total. The Kier molecular flexibility index (Phi) is 10.9. The van der Waals surface area contributed by atoms with Crippen molar-refractivity contribution < 1.29 is 43.7 Å². The zero-order valence-electron chi connectivity index (χ0n) is 17.3. The number of carboxylic acid groups (broad SMARTS) is 2. The van der Waals surface area contributed by atoms with Gasteiger partial charge in [0.2, 0.25) is 11.8 Å². The molecule has 3 amide bonds. The van der Waals surface area contributed by atoms with Gasteiger partial charge in [0.05, 0.1) is 12.5 Å². The maximum Gasteiger partial charge on any atom is 0.408 e. The number of carboxylic acids is 2. The molecule has 0 aliphatic carbocycles. The van der Waals surface area contributed by atoms with Crippen LogP contribution in [0.3, 0.4) is 0 Å². The van der Waals surface area contributed by atoms with Crippen LogP contribution in [0.2, 0.25) is 0 Å². The third kappa shape index (κ3) is 10.2. The predicted octanol–water partition coefficient (Wildman–Crippen LogP) is -0.191. The number of carbonyl (C=O) groups is 6. The number of carbonyl (C=O) groups excluding carboxylic acids is 4. The number of benzene rings is 1. The second-order valence-corrected chi connectivity index (χ2v) is 6.77. The molecule has 0 aliphatic rings. The first-order valence-corrected chi connectivity index (χ1v) is 9.59. The van der Waals surface area contributed by atoms with E-state index in [4.69, 9.17) is 14.9 Å². The first-order valence-electron chi connectivity index (χ1n) is 9.59. The van der Waals surface area contributed by atoms with Crippen LogP contribution in [-0.4, -0.2) is 64.5 Å². The Labute approximate surface area is 183 Å². The fraction of sp³-hybridized carbons (Fsp3) is 0.400. The first kappa shape index (κ1) is 26.1. The first-order chi connectivity index (χ1) is 15.1. The largest absolute Gasteiger partial charge is 0.481 e. The fourth-order valence-electron chi connectivity index (χ4n) is 2.45. The van der Waals surface area contributed by atoms with Crippen molar-refractivity contribution in [1.29, 1.82) is 0 Å². The Morgan fingerprint density at radius 3 is 2.19 bits per heavy atom. The zero-order valence-corrected chi connectivity index (χ0v) is 17.3. The summed E-state index contributed by atoms with van der Waals surface area (Å²) in [5, 5.41) is 24.3. The van der Waals surface area contributed by atoms with Crippen LogP contribution >= 0.6 is 0 Å².